The molecule has 1 aromatic carbocycles. The Bertz CT molecular complexity index is 573. The third-order valence-corrected chi connectivity index (χ3v) is 3.06. The molecule has 100 valence electrons. The van der Waals surface area contributed by atoms with E-state index in [9.17, 15) is 4.79 Å². The van der Waals surface area contributed by atoms with Crippen LogP contribution >= 0.6 is 0 Å². The molecule has 0 atom stereocenters. The van der Waals surface area contributed by atoms with Crippen molar-refractivity contribution in [2.45, 2.75) is 27.3 Å². The number of carbonyl (C=O) groups excluding carboxylic acids is 1. The summed E-state index contributed by atoms with van der Waals surface area (Å²) in [6, 6.07) is 10.1. The van der Waals surface area contributed by atoms with E-state index in [2.05, 4.69) is 17.1 Å². The van der Waals surface area contributed by atoms with Crippen molar-refractivity contribution in [2.24, 2.45) is 0 Å². The topological polar surface area (TPSA) is 44.1 Å². The number of carbonyl (C=O) groups is 1. The maximum Gasteiger partial charge on any atom is 0.358 e. The molecule has 2 aromatic rings. The molecule has 0 unspecified atom stereocenters. The predicted molar refractivity (Wildman–Crippen MR) is 73.2 cm³/mol. The predicted octanol–water partition coefficient (Wildman–Crippen LogP) is 2.72. The van der Waals surface area contributed by atoms with Crippen molar-refractivity contribution >= 4 is 5.97 Å². The lowest BCUT2D eigenvalue weighted by Gasteiger charge is -2.08. The van der Waals surface area contributed by atoms with Crippen LogP contribution in [0.15, 0.2) is 30.3 Å². The summed E-state index contributed by atoms with van der Waals surface area (Å²) < 4.78 is 7.04. The Morgan fingerprint density at radius 2 is 1.95 bits per heavy atom. The third kappa shape index (κ3) is 2.84. The standard InChI is InChI=1S/C15H18N2O2/c1-4-19-15(18)14-11(2)17(12(3)16-14)10-13-8-6-5-7-9-13/h5-9H,4,10H2,1-3H3. The highest BCUT2D eigenvalue weighted by atomic mass is 16.5. The van der Waals surface area contributed by atoms with E-state index in [1.165, 1.54) is 5.56 Å². The van der Waals surface area contributed by atoms with E-state index >= 15 is 0 Å². The summed E-state index contributed by atoms with van der Waals surface area (Å²) in [4.78, 5) is 16.1. The fourth-order valence-electron chi connectivity index (χ4n) is 2.07. The molecule has 0 spiro atoms. The van der Waals surface area contributed by atoms with Crippen molar-refractivity contribution in [3.8, 4) is 0 Å². The van der Waals surface area contributed by atoms with E-state index in [1.807, 2.05) is 36.6 Å². The van der Waals surface area contributed by atoms with Crippen molar-refractivity contribution in [1.82, 2.24) is 9.55 Å². The van der Waals surface area contributed by atoms with E-state index in [0.717, 1.165) is 11.5 Å². The van der Waals surface area contributed by atoms with Crippen molar-refractivity contribution in [2.75, 3.05) is 6.61 Å². The average Bonchev–Trinajstić information content (AvgIpc) is 2.68. The summed E-state index contributed by atoms with van der Waals surface area (Å²) in [6.07, 6.45) is 0. The molecule has 0 fully saturated rings. The Morgan fingerprint density at radius 1 is 1.26 bits per heavy atom. The highest BCUT2D eigenvalue weighted by Gasteiger charge is 2.18. The molecule has 0 aliphatic heterocycles. The minimum Gasteiger partial charge on any atom is -0.461 e. The normalized spacial score (nSPS) is 10.5. The first-order valence-corrected chi connectivity index (χ1v) is 6.38. The molecule has 0 aliphatic carbocycles. The molecule has 0 saturated carbocycles. The summed E-state index contributed by atoms with van der Waals surface area (Å²) in [5.74, 6) is 0.472. The van der Waals surface area contributed by atoms with Crippen molar-refractivity contribution < 1.29 is 9.53 Å². The van der Waals surface area contributed by atoms with Gasteiger partial charge in [0.2, 0.25) is 0 Å². The molecule has 0 radical (unpaired) electrons. The first-order chi connectivity index (χ1) is 9.13. The number of hydrogen-bond acceptors (Lipinski definition) is 3. The number of benzene rings is 1. The van der Waals surface area contributed by atoms with Gasteiger partial charge in [0.15, 0.2) is 5.69 Å². The number of aromatic nitrogens is 2. The molecule has 1 heterocycles. The quantitative estimate of drug-likeness (QED) is 0.792. The minimum atomic E-state index is -0.352. The van der Waals surface area contributed by atoms with Gasteiger partial charge in [0.05, 0.1) is 6.61 Å². The number of nitrogens with zero attached hydrogens (tertiary/aromatic N) is 2. The van der Waals surface area contributed by atoms with Gasteiger partial charge in [-0.05, 0) is 26.3 Å². The second-order valence-corrected chi connectivity index (χ2v) is 4.39. The number of hydrogen-bond donors (Lipinski definition) is 0. The molecule has 4 nitrogen and oxygen atoms in total. The Balaban J connectivity index is 2.29. The molecule has 4 heteroatoms. The highest BCUT2D eigenvalue weighted by Crippen LogP contribution is 2.14. The van der Waals surface area contributed by atoms with Gasteiger partial charge in [-0.15, -0.1) is 0 Å². The zero-order valence-corrected chi connectivity index (χ0v) is 11.5. The number of ether oxygens (including phenoxy) is 1. The summed E-state index contributed by atoms with van der Waals surface area (Å²) in [7, 11) is 0. The van der Waals surface area contributed by atoms with Crippen LogP contribution in [0.3, 0.4) is 0 Å². The zero-order chi connectivity index (χ0) is 13.8. The average molecular weight is 258 g/mol. The number of rotatable bonds is 4. The molecule has 2 rings (SSSR count). The molecular formula is C15H18N2O2. The lowest BCUT2D eigenvalue weighted by molar-refractivity contribution is 0.0519. The van der Waals surface area contributed by atoms with Crippen LogP contribution in [0.4, 0.5) is 0 Å². The number of esters is 1. The largest absolute Gasteiger partial charge is 0.461 e. The van der Waals surface area contributed by atoms with Crippen LogP contribution in [0, 0.1) is 13.8 Å². The van der Waals surface area contributed by atoms with Crippen molar-refractivity contribution in [3.05, 3.63) is 53.1 Å². The van der Waals surface area contributed by atoms with Gasteiger partial charge in [0.1, 0.15) is 5.82 Å². The van der Waals surface area contributed by atoms with Crippen LogP contribution < -0.4 is 0 Å². The Kier molecular flexibility index (Phi) is 4.00. The molecular weight excluding hydrogens is 240 g/mol. The molecule has 1 aromatic heterocycles. The summed E-state index contributed by atoms with van der Waals surface area (Å²) in [5, 5.41) is 0. The summed E-state index contributed by atoms with van der Waals surface area (Å²) in [5.41, 5.74) is 2.44. The summed E-state index contributed by atoms with van der Waals surface area (Å²) >= 11 is 0. The highest BCUT2D eigenvalue weighted by molar-refractivity contribution is 5.88. The second-order valence-electron chi connectivity index (χ2n) is 4.39. The van der Waals surface area contributed by atoms with Gasteiger partial charge in [-0.25, -0.2) is 9.78 Å². The van der Waals surface area contributed by atoms with Gasteiger partial charge >= 0.3 is 5.97 Å². The van der Waals surface area contributed by atoms with Gasteiger partial charge in [0, 0.05) is 12.2 Å². The number of aryl methyl sites for hydroxylation is 1. The van der Waals surface area contributed by atoms with Crippen LogP contribution in [0.2, 0.25) is 0 Å². The van der Waals surface area contributed by atoms with Crippen LogP contribution in [0.1, 0.15) is 34.5 Å². The maximum atomic E-state index is 11.8. The van der Waals surface area contributed by atoms with E-state index in [1.54, 1.807) is 6.92 Å². The van der Waals surface area contributed by atoms with E-state index in [0.29, 0.717) is 18.8 Å². The van der Waals surface area contributed by atoms with E-state index in [-0.39, 0.29) is 5.97 Å². The Labute approximate surface area is 113 Å². The minimum absolute atomic E-state index is 0.352. The van der Waals surface area contributed by atoms with Gasteiger partial charge in [-0.3, -0.25) is 0 Å². The fourth-order valence-corrected chi connectivity index (χ4v) is 2.07. The lowest BCUT2D eigenvalue weighted by atomic mass is 10.2. The van der Waals surface area contributed by atoms with Crippen molar-refractivity contribution in [3.63, 3.8) is 0 Å². The number of imidazole rings is 1. The summed E-state index contributed by atoms with van der Waals surface area (Å²) in [6.45, 7) is 6.67. The first kappa shape index (κ1) is 13.3. The first-order valence-electron chi connectivity index (χ1n) is 6.38. The third-order valence-electron chi connectivity index (χ3n) is 3.06. The van der Waals surface area contributed by atoms with E-state index < -0.39 is 0 Å². The van der Waals surface area contributed by atoms with Gasteiger partial charge in [-0.2, -0.15) is 0 Å². The molecule has 19 heavy (non-hydrogen) atoms. The van der Waals surface area contributed by atoms with Crippen LogP contribution in [-0.2, 0) is 11.3 Å². The molecule has 0 N–H and O–H groups in total. The fraction of sp³-hybridized carbons (Fsp3) is 0.333. The van der Waals surface area contributed by atoms with Crippen molar-refractivity contribution in [1.29, 1.82) is 0 Å². The zero-order valence-electron chi connectivity index (χ0n) is 11.5. The van der Waals surface area contributed by atoms with Crippen LogP contribution in [0.5, 0.6) is 0 Å². The monoisotopic (exact) mass is 258 g/mol. The SMILES string of the molecule is CCOC(=O)c1nc(C)n(Cc2ccccc2)c1C. The van der Waals surface area contributed by atoms with Gasteiger partial charge < -0.3 is 9.30 Å². The smallest absolute Gasteiger partial charge is 0.358 e. The maximum absolute atomic E-state index is 11.8. The Hall–Kier alpha value is -2.10. The van der Waals surface area contributed by atoms with Gasteiger partial charge in [0.25, 0.3) is 0 Å². The molecule has 0 amide bonds. The van der Waals surface area contributed by atoms with Crippen LogP contribution in [-0.4, -0.2) is 22.1 Å². The molecule has 0 saturated heterocycles. The van der Waals surface area contributed by atoms with E-state index in [4.69, 9.17) is 4.74 Å². The molecule has 0 bridgehead atoms. The molecule has 0 aliphatic rings. The second kappa shape index (κ2) is 5.69. The lowest BCUT2D eigenvalue weighted by Crippen LogP contribution is -2.08. The Morgan fingerprint density at radius 3 is 2.58 bits per heavy atom. The van der Waals surface area contributed by atoms with Crippen LogP contribution in [0.25, 0.3) is 0 Å². The van der Waals surface area contributed by atoms with Gasteiger partial charge in [-0.1, -0.05) is 30.3 Å².